The molecule has 0 amide bonds. The van der Waals surface area contributed by atoms with E-state index in [2.05, 4.69) is 33.6 Å². The maximum Gasteiger partial charge on any atom is 0.298 e. The van der Waals surface area contributed by atoms with Crippen LogP contribution in [0.3, 0.4) is 0 Å². The third-order valence-electron chi connectivity index (χ3n) is 13.0. The molecule has 2 N–H and O–H groups in total. The number of benzene rings is 6. The van der Waals surface area contributed by atoms with E-state index in [-0.39, 0.29) is 33.5 Å². The van der Waals surface area contributed by atoms with Crippen molar-refractivity contribution in [2.45, 2.75) is 73.0 Å². The zero-order chi connectivity index (χ0) is 43.2. The molecule has 0 spiro atoms. The van der Waals surface area contributed by atoms with Gasteiger partial charge in [-0.1, -0.05) is 71.3 Å². The van der Waals surface area contributed by atoms with E-state index in [0.717, 1.165) is 55.0 Å². The lowest BCUT2D eigenvalue weighted by Crippen LogP contribution is -2.55. The summed E-state index contributed by atoms with van der Waals surface area (Å²) in [4.78, 5) is 26.4. The first-order chi connectivity index (χ1) is 29.8. The van der Waals surface area contributed by atoms with Gasteiger partial charge in [-0.25, -0.2) is 5.26 Å². The van der Waals surface area contributed by atoms with Crippen molar-refractivity contribution in [3.63, 3.8) is 0 Å². The molecule has 316 valence electrons. The van der Waals surface area contributed by atoms with E-state index in [1.807, 2.05) is 67.6 Å². The van der Waals surface area contributed by atoms with Crippen LogP contribution in [-0.4, -0.2) is 29.8 Å². The Labute approximate surface area is 364 Å². The minimum atomic E-state index is -4.79. The fourth-order valence-corrected chi connectivity index (χ4v) is 11.6. The summed E-state index contributed by atoms with van der Waals surface area (Å²) in [5.74, 6) is 2.38. The molecule has 4 fully saturated rings. The SMILES string of the molecule is Cc1ccc(C(=O)c2ccc(Oc3ccc(C45CC6CC(C4)CC(c4ccc(Oc7ccc(C(=O)c8ccc(C)c(SOOO)c8)cc7S(=O)(=O)O)cc4)(C6)C5)cc3)cc2)cc1. The summed E-state index contributed by atoms with van der Waals surface area (Å²) in [6.45, 7) is 3.78. The molecule has 2 unspecified atom stereocenters. The van der Waals surface area contributed by atoms with Crippen LogP contribution in [0.2, 0.25) is 0 Å². The standard InChI is InChI=1S/C50H44O10S2/c1-31-3-6-35(7-4-31)47(51)36-9-16-41(17-10-36)57-42-18-12-39(13-19-42)49-26-33-23-34(27-49)29-50(28-33,30-49)40-14-20-43(21-15-40)58-44-22-11-38(25-46(44)62(54,55)56)48(52)37-8-5-32(2)45(24-37)61-60-59-53/h3-22,24-25,33-34,53H,23,26-30H2,1-2H3,(H,54,55,56). The van der Waals surface area contributed by atoms with Crippen molar-refractivity contribution in [2.75, 3.05) is 0 Å². The summed E-state index contributed by atoms with van der Waals surface area (Å²) in [5.41, 5.74) is 5.97. The third-order valence-corrected chi connectivity index (χ3v) is 14.6. The molecule has 0 aromatic heterocycles. The van der Waals surface area contributed by atoms with Gasteiger partial charge in [0.15, 0.2) is 11.6 Å². The summed E-state index contributed by atoms with van der Waals surface area (Å²) in [5, 5.41) is 12.2. The molecule has 0 saturated heterocycles. The molecule has 0 radical (unpaired) electrons. The van der Waals surface area contributed by atoms with Crippen LogP contribution in [0.1, 0.15) is 92.6 Å². The predicted molar refractivity (Wildman–Crippen MR) is 234 cm³/mol. The molecule has 4 bridgehead atoms. The molecular formula is C50H44O10S2. The van der Waals surface area contributed by atoms with Crippen molar-refractivity contribution < 1.29 is 46.7 Å². The Morgan fingerprint density at radius 3 is 1.63 bits per heavy atom. The van der Waals surface area contributed by atoms with Crippen LogP contribution in [0.25, 0.3) is 0 Å². The van der Waals surface area contributed by atoms with Gasteiger partial charge in [0.05, 0.1) is 12.0 Å². The second-order valence-corrected chi connectivity index (χ2v) is 19.3. The summed E-state index contributed by atoms with van der Waals surface area (Å²) < 4.78 is 52.3. The van der Waals surface area contributed by atoms with Crippen LogP contribution in [0.4, 0.5) is 0 Å². The largest absolute Gasteiger partial charge is 0.457 e. The Morgan fingerprint density at radius 1 is 0.613 bits per heavy atom. The Hall–Kier alpha value is -5.60. The van der Waals surface area contributed by atoms with Crippen molar-refractivity contribution in [3.05, 3.63) is 178 Å². The maximum absolute atomic E-state index is 13.4. The number of rotatable bonds is 14. The van der Waals surface area contributed by atoms with Crippen molar-refractivity contribution in [1.82, 2.24) is 0 Å². The van der Waals surface area contributed by atoms with Crippen LogP contribution in [0, 0.1) is 25.7 Å². The Morgan fingerprint density at radius 2 is 1.08 bits per heavy atom. The zero-order valence-corrected chi connectivity index (χ0v) is 35.7. The van der Waals surface area contributed by atoms with Gasteiger partial charge in [-0.05, 0) is 165 Å². The zero-order valence-electron chi connectivity index (χ0n) is 34.1. The second kappa shape index (κ2) is 16.6. The van der Waals surface area contributed by atoms with E-state index >= 15 is 0 Å². The van der Waals surface area contributed by atoms with E-state index < -0.39 is 20.8 Å². The van der Waals surface area contributed by atoms with Crippen molar-refractivity contribution in [3.8, 4) is 23.0 Å². The summed E-state index contributed by atoms with van der Waals surface area (Å²) in [6, 6.07) is 39.9. The highest BCUT2D eigenvalue weighted by Crippen LogP contribution is 2.66. The fourth-order valence-electron chi connectivity index (χ4n) is 10.5. The smallest absolute Gasteiger partial charge is 0.298 e. The van der Waals surface area contributed by atoms with Crippen LogP contribution >= 0.6 is 12.0 Å². The minimum absolute atomic E-state index is 0.0112. The topological polar surface area (TPSA) is 146 Å². The first-order valence-electron chi connectivity index (χ1n) is 20.5. The normalized spacial score (nSPS) is 21.4. The monoisotopic (exact) mass is 868 g/mol. The van der Waals surface area contributed by atoms with E-state index in [0.29, 0.717) is 51.4 Å². The predicted octanol–water partition coefficient (Wildman–Crippen LogP) is 11.8. The van der Waals surface area contributed by atoms with Crippen LogP contribution < -0.4 is 9.47 Å². The van der Waals surface area contributed by atoms with E-state index in [1.165, 1.54) is 35.7 Å². The molecule has 62 heavy (non-hydrogen) atoms. The van der Waals surface area contributed by atoms with Crippen LogP contribution in [0.5, 0.6) is 23.0 Å². The van der Waals surface area contributed by atoms with E-state index in [4.69, 9.17) is 14.7 Å². The van der Waals surface area contributed by atoms with E-state index in [9.17, 15) is 22.6 Å². The molecule has 6 aromatic rings. The molecule has 4 aliphatic rings. The van der Waals surface area contributed by atoms with Crippen molar-refractivity contribution >= 4 is 33.7 Å². The third kappa shape index (κ3) is 8.34. The number of hydrogen-bond donors (Lipinski definition) is 2. The van der Waals surface area contributed by atoms with Gasteiger partial charge < -0.3 is 9.47 Å². The van der Waals surface area contributed by atoms with Gasteiger partial charge in [0.25, 0.3) is 10.1 Å². The molecule has 0 heterocycles. The molecule has 4 aliphatic carbocycles. The number of carbonyl (C=O) groups is 2. The summed E-state index contributed by atoms with van der Waals surface area (Å²) in [7, 11) is -4.79. The highest BCUT2D eigenvalue weighted by atomic mass is 32.2. The number of ether oxygens (including phenoxy) is 2. The molecule has 10 nitrogen and oxygen atoms in total. The van der Waals surface area contributed by atoms with Gasteiger partial charge in [-0.15, -0.1) is 4.33 Å². The molecule has 6 aromatic carbocycles. The number of ketones is 2. The Bertz CT molecular complexity index is 2750. The quantitative estimate of drug-likeness (QED) is 0.0355. The van der Waals surface area contributed by atoms with Gasteiger partial charge in [-0.2, -0.15) is 8.42 Å². The average molecular weight is 869 g/mol. The van der Waals surface area contributed by atoms with Gasteiger partial charge in [0, 0.05) is 27.1 Å². The number of hydrogen-bond acceptors (Lipinski definition) is 10. The van der Waals surface area contributed by atoms with E-state index in [1.54, 1.807) is 31.2 Å². The lowest BCUT2D eigenvalue weighted by Gasteiger charge is -2.62. The van der Waals surface area contributed by atoms with Crippen molar-refractivity contribution in [2.24, 2.45) is 11.8 Å². The lowest BCUT2D eigenvalue weighted by molar-refractivity contribution is -0.432. The Kier molecular flexibility index (Phi) is 11.2. The highest BCUT2D eigenvalue weighted by Gasteiger charge is 2.58. The highest BCUT2D eigenvalue weighted by molar-refractivity contribution is 7.94. The van der Waals surface area contributed by atoms with Crippen LogP contribution in [-0.2, 0) is 30.3 Å². The lowest BCUT2D eigenvalue weighted by atomic mass is 9.42. The minimum Gasteiger partial charge on any atom is -0.457 e. The van der Waals surface area contributed by atoms with Gasteiger partial charge in [-0.3, -0.25) is 14.1 Å². The number of carbonyl (C=O) groups excluding carboxylic acids is 2. The van der Waals surface area contributed by atoms with Crippen molar-refractivity contribution in [1.29, 1.82) is 0 Å². The molecule has 4 saturated carbocycles. The van der Waals surface area contributed by atoms with Gasteiger partial charge in [0.2, 0.25) is 0 Å². The average Bonchev–Trinajstić information content (AvgIpc) is 3.26. The Balaban J connectivity index is 0.897. The second-order valence-electron chi connectivity index (χ2n) is 17.2. The molecular weight excluding hydrogens is 825 g/mol. The maximum atomic E-state index is 13.4. The summed E-state index contributed by atoms with van der Waals surface area (Å²) in [6.07, 6.45) is 6.79. The molecule has 0 aliphatic heterocycles. The van der Waals surface area contributed by atoms with Gasteiger partial charge in [0.1, 0.15) is 27.9 Å². The fraction of sp³-hybridized carbons (Fsp3) is 0.240. The first kappa shape index (κ1) is 41.7. The molecule has 2 atom stereocenters. The first-order valence-corrected chi connectivity index (χ1v) is 22.7. The summed E-state index contributed by atoms with van der Waals surface area (Å²) >= 11 is 0.710. The molecule has 12 heteroatoms. The number of aryl methyl sites for hydroxylation is 2. The molecule has 10 rings (SSSR count). The van der Waals surface area contributed by atoms with Gasteiger partial charge >= 0.3 is 0 Å². The van der Waals surface area contributed by atoms with Crippen LogP contribution in [0.15, 0.2) is 143 Å².